The molecule has 116 valence electrons. The number of rotatable bonds is 6. The first-order valence-electron chi connectivity index (χ1n) is 7.84. The third-order valence-corrected chi connectivity index (χ3v) is 3.88. The van der Waals surface area contributed by atoms with Gasteiger partial charge in [0.05, 0.1) is 12.7 Å². The highest BCUT2D eigenvalue weighted by Gasteiger charge is 2.14. The van der Waals surface area contributed by atoms with E-state index in [1.807, 2.05) is 12.1 Å². The zero-order valence-electron chi connectivity index (χ0n) is 12.7. The van der Waals surface area contributed by atoms with Crippen molar-refractivity contribution < 1.29 is 14.6 Å². The van der Waals surface area contributed by atoms with Gasteiger partial charge in [0.2, 0.25) is 0 Å². The third-order valence-electron chi connectivity index (χ3n) is 3.88. The quantitative estimate of drug-likeness (QED) is 0.847. The predicted octanol–water partition coefficient (Wildman–Crippen LogP) is 2.76. The number of aliphatic hydroxyl groups excluding tert-OH is 1. The summed E-state index contributed by atoms with van der Waals surface area (Å²) in [6, 6.07) is 7.18. The number of nitrogens with one attached hydrogen (secondary N) is 1. The molecule has 0 aromatic heterocycles. The first kappa shape index (κ1) is 15.8. The van der Waals surface area contributed by atoms with Gasteiger partial charge in [-0.3, -0.25) is 4.79 Å². The molecular weight excluding hydrogens is 266 g/mol. The minimum Gasteiger partial charge on any atom is -0.493 e. The van der Waals surface area contributed by atoms with Gasteiger partial charge in [-0.25, -0.2) is 0 Å². The van der Waals surface area contributed by atoms with Crippen LogP contribution in [0.4, 0.5) is 0 Å². The molecule has 1 aliphatic carbocycles. The Balaban J connectivity index is 1.79. The number of hydrogen-bond acceptors (Lipinski definition) is 3. The lowest BCUT2D eigenvalue weighted by Gasteiger charge is -2.21. The summed E-state index contributed by atoms with van der Waals surface area (Å²) in [5, 5.41) is 11.8. The zero-order valence-corrected chi connectivity index (χ0v) is 12.7. The first-order valence-corrected chi connectivity index (χ1v) is 7.84. The first-order chi connectivity index (χ1) is 10.1. The van der Waals surface area contributed by atoms with Crippen LogP contribution in [0.5, 0.6) is 5.75 Å². The number of hydrogen-bond donors (Lipinski definition) is 2. The highest BCUT2D eigenvalue weighted by atomic mass is 16.5. The molecule has 4 nitrogen and oxygen atoms in total. The van der Waals surface area contributed by atoms with Gasteiger partial charge < -0.3 is 15.2 Å². The summed E-state index contributed by atoms with van der Waals surface area (Å²) in [7, 11) is 0. The summed E-state index contributed by atoms with van der Waals surface area (Å²) in [6.07, 6.45) is 5.98. The molecule has 1 aliphatic rings. The van der Waals surface area contributed by atoms with Gasteiger partial charge in [0.15, 0.2) is 0 Å². The molecule has 1 aromatic carbocycles. The Labute approximate surface area is 126 Å². The summed E-state index contributed by atoms with van der Waals surface area (Å²) in [5.41, 5.74) is 0.584. The van der Waals surface area contributed by atoms with Crippen LogP contribution in [0.1, 0.15) is 49.4 Å². The maximum Gasteiger partial charge on any atom is 0.251 e. The fraction of sp³-hybridized carbons (Fsp3) is 0.588. The SMILES string of the molecule is CC(O)CNC(=O)c1ccc(OCC2CCCCC2)cc1. The summed E-state index contributed by atoms with van der Waals surface area (Å²) in [5.74, 6) is 1.31. The number of carbonyl (C=O) groups is 1. The van der Waals surface area contributed by atoms with Crippen molar-refractivity contribution in [2.75, 3.05) is 13.2 Å². The van der Waals surface area contributed by atoms with E-state index in [0.29, 0.717) is 11.5 Å². The highest BCUT2D eigenvalue weighted by molar-refractivity contribution is 5.94. The molecule has 21 heavy (non-hydrogen) atoms. The van der Waals surface area contributed by atoms with Gasteiger partial charge in [-0.15, -0.1) is 0 Å². The average Bonchev–Trinajstić information content (AvgIpc) is 2.52. The van der Waals surface area contributed by atoms with Gasteiger partial charge in [-0.2, -0.15) is 0 Å². The van der Waals surface area contributed by atoms with Crippen LogP contribution in [0, 0.1) is 5.92 Å². The Morgan fingerprint density at radius 2 is 1.95 bits per heavy atom. The van der Waals surface area contributed by atoms with Crippen molar-refractivity contribution >= 4 is 5.91 Å². The number of benzene rings is 1. The summed E-state index contributed by atoms with van der Waals surface area (Å²) in [4.78, 5) is 11.8. The molecule has 0 aliphatic heterocycles. The van der Waals surface area contributed by atoms with E-state index in [-0.39, 0.29) is 12.5 Å². The second-order valence-electron chi connectivity index (χ2n) is 5.90. The molecule has 0 heterocycles. The van der Waals surface area contributed by atoms with E-state index < -0.39 is 6.10 Å². The molecule has 0 radical (unpaired) electrons. The van der Waals surface area contributed by atoms with E-state index in [9.17, 15) is 4.79 Å². The van der Waals surface area contributed by atoms with E-state index in [0.717, 1.165) is 12.4 Å². The fourth-order valence-electron chi connectivity index (χ4n) is 2.61. The lowest BCUT2D eigenvalue weighted by molar-refractivity contribution is 0.0924. The van der Waals surface area contributed by atoms with Crippen molar-refractivity contribution in [2.45, 2.75) is 45.1 Å². The molecule has 0 saturated heterocycles. The molecular formula is C17H25NO3. The maximum atomic E-state index is 11.8. The van der Waals surface area contributed by atoms with E-state index in [1.165, 1.54) is 32.1 Å². The summed E-state index contributed by atoms with van der Waals surface area (Å²) < 4.78 is 5.81. The minimum absolute atomic E-state index is 0.172. The van der Waals surface area contributed by atoms with Crippen LogP contribution in [0.2, 0.25) is 0 Å². The van der Waals surface area contributed by atoms with Gasteiger partial charge in [0.1, 0.15) is 5.75 Å². The van der Waals surface area contributed by atoms with E-state index in [1.54, 1.807) is 19.1 Å². The van der Waals surface area contributed by atoms with E-state index >= 15 is 0 Å². The third kappa shape index (κ3) is 5.38. The van der Waals surface area contributed by atoms with Crippen LogP contribution in [-0.4, -0.2) is 30.3 Å². The van der Waals surface area contributed by atoms with Gasteiger partial charge in [-0.1, -0.05) is 19.3 Å². The molecule has 0 spiro atoms. The van der Waals surface area contributed by atoms with Gasteiger partial charge >= 0.3 is 0 Å². The number of ether oxygens (including phenoxy) is 1. The average molecular weight is 291 g/mol. The largest absolute Gasteiger partial charge is 0.493 e. The lowest BCUT2D eigenvalue weighted by atomic mass is 9.90. The highest BCUT2D eigenvalue weighted by Crippen LogP contribution is 2.24. The van der Waals surface area contributed by atoms with Crippen LogP contribution < -0.4 is 10.1 Å². The van der Waals surface area contributed by atoms with Gasteiger partial charge in [0, 0.05) is 12.1 Å². The maximum absolute atomic E-state index is 11.8. The molecule has 4 heteroatoms. The van der Waals surface area contributed by atoms with Crippen molar-refractivity contribution in [1.82, 2.24) is 5.32 Å². The Kier molecular flexibility index (Phi) is 6.05. The second-order valence-corrected chi connectivity index (χ2v) is 5.90. The molecule has 1 unspecified atom stereocenters. The van der Waals surface area contributed by atoms with Crippen LogP contribution >= 0.6 is 0 Å². The standard InChI is InChI=1S/C17H25NO3/c1-13(19)11-18-17(20)15-7-9-16(10-8-15)21-12-14-5-3-2-4-6-14/h7-10,13-14,19H,2-6,11-12H2,1H3,(H,18,20). The monoisotopic (exact) mass is 291 g/mol. The Morgan fingerprint density at radius 1 is 1.29 bits per heavy atom. The molecule has 2 rings (SSSR count). The molecule has 1 aromatic rings. The lowest BCUT2D eigenvalue weighted by Crippen LogP contribution is -2.30. The van der Waals surface area contributed by atoms with Crippen LogP contribution in [0.15, 0.2) is 24.3 Å². The molecule has 1 fully saturated rings. The zero-order chi connectivity index (χ0) is 15.1. The number of carbonyl (C=O) groups excluding carboxylic acids is 1. The Morgan fingerprint density at radius 3 is 2.57 bits per heavy atom. The molecule has 2 N–H and O–H groups in total. The van der Waals surface area contributed by atoms with E-state index in [4.69, 9.17) is 9.84 Å². The number of aliphatic hydroxyl groups is 1. The van der Waals surface area contributed by atoms with E-state index in [2.05, 4.69) is 5.32 Å². The number of amides is 1. The molecule has 1 saturated carbocycles. The Hall–Kier alpha value is -1.55. The van der Waals surface area contributed by atoms with Crippen molar-refractivity contribution in [1.29, 1.82) is 0 Å². The molecule has 1 atom stereocenters. The fourth-order valence-corrected chi connectivity index (χ4v) is 2.61. The Bertz CT molecular complexity index is 436. The normalized spacial score (nSPS) is 17.2. The smallest absolute Gasteiger partial charge is 0.251 e. The van der Waals surface area contributed by atoms with Crippen LogP contribution in [-0.2, 0) is 0 Å². The summed E-state index contributed by atoms with van der Waals surface area (Å²) >= 11 is 0. The van der Waals surface area contributed by atoms with Gasteiger partial charge in [0.25, 0.3) is 5.91 Å². The minimum atomic E-state index is -0.535. The predicted molar refractivity (Wildman–Crippen MR) is 82.5 cm³/mol. The van der Waals surface area contributed by atoms with Crippen molar-refractivity contribution in [3.8, 4) is 5.75 Å². The van der Waals surface area contributed by atoms with Gasteiger partial charge in [-0.05, 0) is 49.9 Å². The van der Waals surface area contributed by atoms with Crippen LogP contribution in [0.3, 0.4) is 0 Å². The summed E-state index contributed by atoms with van der Waals surface area (Å²) in [6.45, 7) is 2.68. The van der Waals surface area contributed by atoms with Crippen molar-refractivity contribution in [3.05, 3.63) is 29.8 Å². The molecule has 0 bridgehead atoms. The van der Waals surface area contributed by atoms with Crippen LogP contribution in [0.25, 0.3) is 0 Å². The topological polar surface area (TPSA) is 58.6 Å². The van der Waals surface area contributed by atoms with Crippen molar-refractivity contribution in [2.24, 2.45) is 5.92 Å². The van der Waals surface area contributed by atoms with Crippen molar-refractivity contribution in [3.63, 3.8) is 0 Å². The molecule has 1 amide bonds. The second kappa shape index (κ2) is 8.03.